The number of halogens is 1. The number of carbonyl (C=O) groups is 1. The number of aromatic nitrogens is 2. The number of carbonyl (C=O) groups excluding carboxylic acids is 1. The highest BCUT2D eigenvalue weighted by molar-refractivity contribution is 14.0. The molecule has 170 valence electrons. The molecule has 32 heavy (non-hydrogen) atoms. The minimum Gasteiger partial charge on any atom is -0.462 e. The molecule has 0 spiro atoms. The lowest BCUT2D eigenvalue weighted by Crippen LogP contribution is -2.37. The summed E-state index contributed by atoms with van der Waals surface area (Å²) < 4.78 is 6.94. The normalized spacial score (nSPS) is 10.9. The van der Waals surface area contributed by atoms with Crippen LogP contribution in [-0.2, 0) is 24.4 Å². The van der Waals surface area contributed by atoms with Crippen molar-refractivity contribution in [1.29, 1.82) is 0 Å². The molecule has 3 rings (SSSR count). The standard InChI is InChI=1S/C24H29N5O2.HI/c1-3-25-24(26-16-19-10-12-20(13-11-19)23(30)31-4-2)27-17-21-8-5-6-9-22(21)18-29-15-7-14-28-29;/h5-15H,3-4,16-18H2,1-2H3,(H2,25,26,27);1H. The van der Waals surface area contributed by atoms with E-state index in [0.717, 1.165) is 24.6 Å². The lowest BCUT2D eigenvalue weighted by molar-refractivity contribution is 0.0526. The van der Waals surface area contributed by atoms with E-state index in [-0.39, 0.29) is 29.9 Å². The van der Waals surface area contributed by atoms with Crippen LogP contribution in [0.4, 0.5) is 0 Å². The number of hydrogen-bond acceptors (Lipinski definition) is 4. The van der Waals surface area contributed by atoms with Crippen molar-refractivity contribution in [2.24, 2.45) is 4.99 Å². The molecule has 2 aromatic carbocycles. The van der Waals surface area contributed by atoms with Crippen molar-refractivity contribution in [2.75, 3.05) is 13.2 Å². The summed E-state index contributed by atoms with van der Waals surface area (Å²) in [4.78, 5) is 16.5. The zero-order chi connectivity index (χ0) is 21.9. The molecule has 7 nitrogen and oxygen atoms in total. The average Bonchev–Trinajstić information content (AvgIpc) is 3.30. The van der Waals surface area contributed by atoms with Gasteiger partial charge >= 0.3 is 5.97 Å². The number of ether oxygens (including phenoxy) is 1. The van der Waals surface area contributed by atoms with E-state index < -0.39 is 0 Å². The summed E-state index contributed by atoms with van der Waals surface area (Å²) in [5.41, 5.74) is 3.98. The SMILES string of the molecule is CCNC(=NCc1ccc(C(=O)OCC)cc1)NCc1ccccc1Cn1cccn1.I. The molecule has 0 bridgehead atoms. The Morgan fingerprint density at radius 2 is 1.78 bits per heavy atom. The molecule has 0 aliphatic rings. The number of nitrogens with zero attached hydrogens (tertiary/aromatic N) is 3. The summed E-state index contributed by atoms with van der Waals surface area (Å²) in [5, 5.41) is 11.0. The minimum absolute atomic E-state index is 0. The summed E-state index contributed by atoms with van der Waals surface area (Å²) in [6.45, 7) is 6.86. The van der Waals surface area contributed by atoms with Gasteiger partial charge in [-0.05, 0) is 48.7 Å². The first-order valence-corrected chi connectivity index (χ1v) is 10.5. The average molecular weight is 547 g/mol. The fourth-order valence-electron chi connectivity index (χ4n) is 3.10. The summed E-state index contributed by atoms with van der Waals surface area (Å²) in [6, 6.07) is 17.6. The van der Waals surface area contributed by atoms with Crippen LogP contribution in [0.5, 0.6) is 0 Å². The molecule has 0 unspecified atom stereocenters. The van der Waals surface area contributed by atoms with Gasteiger partial charge in [-0.2, -0.15) is 5.10 Å². The Bertz CT molecular complexity index is 988. The third-order valence-electron chi connectivity index (χ3n) is 4.69. The molecule has 0 atom stereocenters. The van der Waals surface area contributed by atoms with Gasteiger partial charge in [0.1, 0.15) is 0 Å². The Balaban J connectivity index is 0.00000363. The smallest absolute Gasteiger partial charge is 0.338 e. The first-order chi connectivity index (χ1) is 15.2. The molecule has 1 heterocycles. The maximum Gasteiger partial charge on any atom is 0.338 e. The summed E-state index contributed by atoms with van der Waals surface area (Å²) >= 11 is 0. The highest BCUT2D eigenvalue weighted by Crippen LogP contribution is 2.11. The van der Waals surface area contributed by atoms with E-state index in [1.807, 2.05) is 48.1 Å². The number of aliphatic imine (C=N–C) groups is 1. The Morgan fingerprint density at radius 1 is 1.03 bits per heavy atom. The predicted octanol–water partition coefficient (Wildman–Crippen LogP) is 3.98. The number of esters is 1. The molecule has 0 radical (unpaired) electrons. The van der Waals surface area contributed by atoms with E-state index in [1.54, 1.807) is 25.3 Å². The van der Waals surface area contributed by atoms with Crippen LogP contribution in [-0.4, -0.2) is 34.9 Å². The van der Waals surface area contributed by atoms with Crippen molar-refractivity contribution in [1.82, 2.24) is 20.4 Å². The maximum atomic E-state index is 11.8. The molecule has 2 N–H and O–H groups in total. The molecular formula is C24H30IN5O2. The minimum atomic E-state index is -0.304. The topological polar surface area (TPSA) is 80.5 Å². The molecule has 0 saturated heterocycles. The Hall–Kier alpha value is -2.88. The molecule has 3 aromatic rings. The van der Waals surface area contributed by atoms with Crippen molar-refractivity contribution in [2.45, 2.75) is 33.5 Å². The first kappa shape index (κ1) is 25.4. The van der Waals surface area contributed by atoms with E-state index in [1.165, 1.54) is 11.1 Å². The van der Waals surface area contributed by atoms with Crippen LogP contribution in [0, 0.1) is 0 Å². The fourth-order valence-corrected chi connectivity index (χ4v) is 3.10. The van der Waals surface area contributed by atoms with E-state index in [0.29, 0.717) is 25.3 Å². The monoisotopic (exact) mass is 547 g/mol. The molecule has 8 heteroatoms. The molecule has 0 saturated carbocycles. The van der Waals surface area contributed by atoms with Gasteiger partial charge in [-0.25, -0.2) is 9.79 Å². The van der Waals surface area contributed by atoms with E-state index in [9.17, 15) is 4.79 Å². The van der Waals surface area contributed by atoms with Gasteiger partial charge in [-0.3, -0.25) is 4.68 Å². The van der Waals surface area contributed by atoms with Gasteiger partial charge in [-0.1, -0.05) is 36.4 Å². The molecular weight excluding hydrogens is 517 g/mol. The van der Waals surface area contributed by atoms with E-state index in [4.69, 9.17) is 4.74 Å². The van der Waals surface area contributed by atoms with Crippen LogP contribution in [0.3, 0.4) is 0 Å². The van der Waals surface area contributed by atoms with Crippen molar-refractivity contribution in [3.63, 3.8) is 0 Å². The number of guanidine groups is 1. The van der Waals surface area contributed by atoms with Crippen LogP contribution in [0.2, 0.25) is 0 Å². The fraction of sp³-hybridized carbons (Fsp3) is 0.292. The summed E-state index contributed by atoms with van der Waals surface area (Å²) in [6.07, 6.45) is 3.75. The van der Waals surface area contributed by atoms with Gasteiger partial charge in [-0.15, -0.1) is 24.0 Å². The van der Waals surface area contributed by atoms with Crippen molar-refractivity contribution in [3.05, 3.63) is 89.2 Å². The van der Waals surface area contributed by atoms with Crippen LogP contribution < -0.4 is 10.6 Å². The maximum absolute atomic E-state index is 11.8. The van der Waals surface area contributed by atoms with Gasteiger partial charge in [0.2, 0.25) is 0 Å². The molecule has 0 fully saturated rings. The Kier molecular flexibility index (Phi) is 10.7. The zero-order valence-electron chi connectivity index (χ0n) is 18.5. The summed E-state index contributed by atoms with van der Waals surface area (Å²) in [7, 11) is 0. The number of nitrogens with one attached hydrogen (secondary N) is 2. The Morgan fingerprint density at radius 3 is 2.44 bits per heavy atom. The predicted molar refractivity (Wildman–Crippen MR) is 137 cm³/mol. The quantitative estimate of drug-likeness (QED) is 0.183. The number of hydrogen-bond donors (Lipinski definition) is 2. The number of rotatable bonds is 9. The van der Waals surface area contributed by atoms with Crippen molar-refractivity contribution >= 4 is 35.9 Å². The second kappa shape index (κ2) is 13.5. The third-order valence-corrected chi connectivity index (χ3v) is 4.69. The highest BCUT2D eigenvalue weighted by atomic mass is 127. The van der Waals surface area contributed by atoms with Crippen LogP contribution >= 0.6 is 24.0 Å². The largest absolute Gasteiger partial charge is 0.462 e. The van der Waals surface area contributed by atoms with Gasteiger partial charge in [0.25, 0.3) is 0 Å². The highest BCUT2D eigenvalue weighted by Gasteiger charge is 2.07. The number of benzene rings is 2. The second-order valence-electron chi connectivity index (χ2n) is 6.94. The summed E-state index contributed by atoms with van der Waals surface area (Å²) in [5.74, 6) is 0.437. The molecule has 1 aromatic heterocycles. The van der Waals surface area contributed by atoms with Gasteiger partial charge < -0.3 is 15.4 Å². The molecule has 0 aliphatic heterocycles. The third kappa shape index (κ3) is 7.67. The first-order valence-electron chi connectivity index (χ1n) is 10.5. The molecule has 0 aliphatic carbocycles. The van der Waals surface area contributed by atoms with Crippen LogP contribution in [0.15, 0.2) is 72.0 Å². The lowest BCUT2D eigenvalue weighted by Gasteiger charge is -2.14. The van der Waals surface area contributed by atoms with Gasteiger partial charge in [0, 0.05) is 25.5 Å². The van der Waals surface area contributed by atoms with Gasteiger partial charge in [0.15, 0.2) is 5.96 Å². The van der Waals surface area contributed by atoms with Crippen LogP contribution in [0.25, 0.3) is 0 Å². The molecule has 0 amide bonds. The Labute approximate surface area is 206 Å². The van der Waals surface area contributed by atoms with Gasteiger partial charge in [0.05, 0.1) is 25.3 Å². The van der Waals surface area contributed by atoms with Crippen molar-refractivity contribution < 1.29 is 9.53 Å². The second-order valence-corrected chi connectivity index (χ2v) is 6.94. The lowest BCUT2D eigenvalue weighted by atomic mass is 10.1. The zero-order valence-corrected chi connectivity index (χ0v) is 20.8. The van der Waals surface area contributed by atoms with Crippen LogP contribution in [0.1, 0.15) is 40.9 Å². The van der Waals surface area contributed by atoms with E-state index >= 15 is 0 Å². The van der Waals surface area contributed by atoms with E-state index in [2.05, 4.69) is 32.9 Å². The van der Waals surface area contributed by atoms with Crippen molar-refractivity contribution in [3.8, 4) is 0 Å².